The normalized spacial score (nSPS) is 14.3. The maximum atomic E-state index is 11.1. The van der Waals surface area contributed by atoms with Crippen LogP contribution in [0.3, 0.4) is 0 Å². The van der Waals surface area contributed by atoms with E-state index < -0.39 is 11.9 Å². The number of rotatable bonds is 7. The second-order valence-corrected chi connectivity index (χ2v) is 6.21. The predicted octanol–water partition coefficient (Wildman–Crippen LogP) is 4.58. The Morgan fingerprint density at radius 3 is 2.25 bits per heavy atom. The van der Waals surface area contributed by atoms with E-state index in [2.05, 4.69) is 49.5 Å². The Kier molecular flexibility index (Phi) is 7.96. The smallest absolute Gasteiger partial charge is 0.310 e. The molecule has 0 saturated carbocycles. The van der Waals surface area contributed by atoms with Gasteiger partial charge in [-0.3, -0.25) is 4.79 Å². The molecule has 24 heavy (non-hydrogen) atoms. The monoisotopic (exact) mass is 347 g/mol. The molecular weight excluding hydrogens is 322 g/mol. The van der Waals surface area contributed by atoms with Crippen LogP contribution in [0.1, 0.15) is 49.4 Å². The van der Waals surface area contributed by atoms with E-state index in [9.17, 15) is 4.79 Å². The van der Waals surface area contributed by atoms with Gasteiger partial charge in [0.1, 0.15) is 0 Å². The van der Waals surface area contributed by atoms with Crippen molar-refractivity contribution >= 4 is 18.4 Å². The largest absolute Gasteiger partial charge is 0.481 e. The van der Waals surface area contributed by atoms with E-state index in [-0.39, 0.29) is 18.4 Å². The molecular formula is C20H26ClNO2. The number of hydrogen-bond acceptors (Lipinski definition) is 2. The van der Waals surface area contributed by atoms with Crippen molar-refractivity contribution in [2.75, 3.05) is 0 Å². The number of benzene rings is 2. The lowest BCUT2D eigenvalue weighted by Crippen LogP contribution is -2.30. The Hall–Kier alpha value is -1.84. The molecule has 2 aromatic carbocycles. The van der Waals surface area contributed by atoms with E-state index in [1.165, 1.54) is 5.56 Å². The number of carbonyl (C=O) groups is 1. The second kappa shape index (κ2) is 9.45. The molecule has 0 aromatic heterocycles. The minimum absolute atomic E-state index is 0. The third-order valence-electron chi connectivity index (χ3n) is 4.20. The van der Waals surface area contributed by atoms with Gasteiger partial charge in [0.25, 0.3) is 0 Å². The number of aliphatic carboxylic acids is 1. The van der Waals surface area contributed by atoms with Crippen molar-refractivity contribution in [2.45, 2.75) is 45.2 Å². The van der Waals surface area contributed by atoms with Crippen molar-refractivity contribution in [1.29, 1.82) is 0 Å². The van der Waals surface area contributed by atoms with Gasteiger partial charge in [-0.1, -0.05) is 54.6 Å². The lowest BCUT2D eigenvalue weighted by Gasteiger charge is -2.21. The summed E-state index contributed by atoms with van der Waals surface area (Å²) < 4.78 is 0. The Labute approximate surface area is 150 Å². The molecule has 130 valence electrons. The summed E-state index contributed by atoms with van der Waals surface area (Å²) in [5, 5.41) is 12.7. The maximum absolute atomic E-state index is 11.1. The first-order valence-electron chi connectivity index (χ1n) is 8.10. The Bertz CT molecular complexity index is 645. The third kappa shape index (κ3) is 5.66. The minimum atomic E-state index is -0.786. The first kappa shape index (κ1) is 20.2. The zero-order valence-electron chi connectivity index (χ0n) is 14.4. The van der Waals surface area contributed by atoms with Gasteiger partial charge < -0.3 is 10.4 Å². The summed E-state index contributed by atoms with van der Waals surface area (Å²) in [6.07, 6.45) is 0.872. The summed E-state index contributed by atoms with van der Waals surface area (Å²) in [6.45, 7) is 6.04. The highest BCUT2D eigenvalue weighted by Crippen LogP contribution is 2.18. The summed E-state index contributed by atoms with van der Waals surface area (Å²) in [5.74, 6) is -1.26. The van der Waals surface area contributed by atoms with Crippen LogP contribution in [0.4, 0.5) is 0 Å². The van der Waals surface area contributed by atoms with E-state index in [0.29, 0.717) is 6.04 Å². The zero-order valence-corrected chi connectivity index (χ0v) is 15.2. The topological polar surface area (TPSA) is 49.3 Å². The minimum Gasteiger partial charge on any atom is -0.481 e. The van der Waals surface area contributed by atoms with E-state index >= 15 is 0 Å². The average molecular weight is 348 g/mol. The highest BCUT2D eigenvalue weighted by Gasteiger charge is 2.15. The molecule has 2 rings (SSSR count). The number of halogens is 1. The third-order valence-corrected chi connectivity index (χ3v) is 4.20. The average Bonchev–Trinajstić information content (AvgIpc) is 2.55. The van der Waals surface area contributed by atoms with Crippen molar-refractivity contribution in [3.05, 3.63) is 71.3 Å². The Morgan fingerprint density at radius 2 is 1.62 bits per heavy atom. The molecule has 0 heterocycles. The SMILES string of the molecule is CC(Cc1cccc(C(C)C(=O)O)c1)NC(C)c1ccccc1.Cl. The lowest BCUT2D eigenvalue weighted by molar-refractivity contribution is -0.138. The van der Waals surface area contributed by atoms with Gasteiger partial charge in [0.05, 0.1) is 5.92 Å². The summed E-state index contributed by atoms with van der Waals surface area (Å²) in [4.78, 5) is 11.1. The van der Waals surface area contributed by atoms with Crippen LogP contribution in [-0.4, -0.2) is 17.1 Å². The second-order valence-electron chi connectivity index (χ2n) is 6.21. The Balaban J connectivity index is 0.00000288. The van der Waals surface area contributed by atoms with Crippen LogP contribution in [-0.2, 0) is 11.2 Å². The fraction of sp³-hybridized carbons (Fsp3) is 0.350. The predicted molar refractivity (Wildman–Crippen MR) is 101 cm³/mol. The molecule has 0 amide bonds. The van der Waals surface area contributed by atoms with Gasteiger partial charge in [0.15, 0.2) is 0 Å². The first-order valence-corrected chi connectivity index (χ1v) is 8.10. The van der Waals surface area contributed by atoms with E-state index in [1.807, 2.05) is 24.3 Å². The molecule has 2 N–H and O–H groups in total. The Morgan fingerprint density at radius 1 is 1.00 bits per heavy atom. The molecule has 0 saturated heterocycles. The van der Waals surface area contributed by atoms with Gasteiger partial charge in [-0.15, -0.1) is 12.4 Å². The quantitative estimate of drug-likeness (QED) is 0.770. The molecule has 0 aliphatic heterocycles. The summed E-state index contributed by atoms with van der Waals surface area (Å²) in [6, 6.07) is 18.9. The fourth-order valence-electron chi connectivity index (χ4n) is 2.81. The van der Waals surface area contributed by atoms with Crippen LogP contribution in [0, 0.1) is 0 Å². The van der Waals surface area contributed by atoms with Crippen LogP contribution in [0.25, 0.3) is 0 Å². The zero-order chi connectivity index (χ0) is 16.8. The van der Waals surface area contributed by atoms with Crippen molar-refractivity contribution in [3.8, 4) is 0 Å². The summed E-state index contributed by atoms with van der Waals surface area (Å²) >= 11 is 0. The van der Waals surface area contributed by atoms with Gasteiger partial charge in [-0.2, -0.15) is 0 Å². The molecule has 3 atom stereocenters. The van der Waals surface area contributed by atoms with Gasteiger partial charge in [0.2, 0.25) is 0 Å². The first-order chi connectivity index (χ1) is 11.0. The number of hydrogen-bond donors (Lipinski definition) is 2. The summed E-state index contributed by atoms with van der Waals surface area (Å²) in [7, 11) is 0. The van der Waals surface area contributed by atoms with E-state index in [4.69, 9.17) is 5.11 Å². The van der Waals surface area contributed by atoms with Crippen LogP contribution in [0.5, 0.6) is 0 Å². The van der Waals surface area contributed by atoms with Crippen molar-refractivity contribution in [2.24, 2.45) is 0 Å². The van der Waals surface area contributed by atoms with Gasteiger partial charge in [0, 0.05) is 12.1 Å². The lowest BCUT2D eigenvalue weighted by atomic mass is 9.96. The number of nitrogens with one attached hydrogen (secondary N) is 1. The highest BCUT2D eigenvalue weighted by atomic mass is 35.5. The van der Waals surface area contributed by atoms with Crippen molar-refractivity contribution < 1.29 is 9.90 Å². The molecule has 0 aliphatic rings. The van der Waals surface area contributed by atoms with E-state index in [0.717, 1.165) is 17.5 Å². The van der Waals surface area contributed by atoms with Crippen LogP contribution in [0.2, 0.25) is 0 Å². The van der Waals surface area contributed by atoms with Gasteiger partial charge >= 0.3 is 5.97 Å². The van der Waals surface area contributed by atoms with Gasteiger partial charge in [-0.05, 0) is 43.9 Å². The highest BCUT2D eigenvalue weighted by molar-refractivity contribution is 5.85. The van der Waals surface area contributed by atoms with Crippen molar-refractivity contribution in [3.63, 3.8) is 0 Å². The molecule has 0 fully saturated rings. The van der Waals surface area contributed by atoms with Crippen LogP contribution in [0.15, 0.2) is 54.6 Å². The molecule has 0 aliphatic carbocycles. The molecule has 0 radical (unpaired) electrons. The van der Waals surface area contributed by atoms with Crippen molar-refractivity contribution in [1.82, 2.24) is 5.32 Å². The number of carboxylic acids is 1. The summed E-state index contributed by atoms with van der Waals surface area (Å²) in [5.41, 5.74) is 3.29. The molecule has 4 heteroatoms. The number of carboxylic acid groups (broad SMARTS) is 1. The maximum Gasteiger partial charge on any atom is 0.310 e. The fourth-order valence-corrected chi connectivity index (χ4v) is 2.81. The molecule has 0 spiro atoms. The molecule has 3 unspecified atom stereocenters. The standard InChI is InChI=1S/C20H25NO2.ClH/c1-14(21-16(3)18-9-5-4-6-10-18)12-17-8-7-11-19(13-17)15(2)20(22)23;/h4-11,13-16,21H,12H2,1-3H3,(H,22,23);1H. The van der Waals surface area contributed by atoms with Gasteiger partial charge in [-0.25, -0.2) is 0 Å². The van der Waals surface area contributed by atoms with E-state index in [1.54, 1.807) is 6.92 Å². The molecule has 2 aromatic rings. The molecule has 3 nitrogen and oxygen atoms in total. The van der Waals surface area contributed by atoms with Crippen LogP contribution < -0.4 is 5.32 Å². The van der Waals surface area contributed by atoms with Crippen LogP contribution >= 0.6 is 12.4 Å². The molecule has 0 bridgehead atoms.